The van der Waals surface area contributed by atoms with Crippen molar-refractivity contribution < 1.29 is 49.3 Å². The summed E-state index contributed by atoms with van der Waals surface area (Å²) in [5, 5.41) is 54.3. The highest BCUT2D eigenvalue weighted by Gasteiger charge is 2.44. The van der Waals surface area contributed by atoms with Gasteiger partial charge in [0.15, 0.2) is 6.29 Å². The van der Waals surface area contributed by atoms with Crippen LogP contribution in [0.25, 0.3) is 0 Å². The summed E-state index contributed by atoms with van der Waals surface area (Å²) < 4.78 is 16.6. The molecule has 1 heterocycles. The predicted molar refractivity (Wildman–Crippen MR) is 301 cm³/mol. The second-order valence-corrected chi connectivity index (χ2v) is 20.7. The number of rotatable bonds is 51. The highest BCUT2D eigenvalue weighted by molar-refractivity contribution is 5.76. The van der Waals surface area contributed by atoms with Gasteiger partial charge in [-0.1, -0.05) is 229 Å². The Bertz CT molecular complexity index is 1400. The number of aliphatic hydroxyl groups is 5. The fraction of sp³-hybridized carbons (Fsp3) is 0.806. The largest absolute Gasteiger partial charge is 0.465 e. The number of ether oxygens (including phenoxy) is 3. The SMILES string of the molecule is CCCCC/C=C/CC/C=C/CC/C=C/C(O)C(COC1OC(CO)C(O)C(O)C1O)NC(=O)CCCCCCCCCCCCCCCC/C=C\C/C=C\CCOC(=O)CCCCCCCCCCCCC. The number of carbonyl (C=O) groups excluding carboxylic acids is 2. The maximum absolute atomic E-state index is 13.0. The summed E-state index contributed by atoms with van der Waals surface area (Å²) in [6.45, 7) is 4.17. The Morgan fingerprint density at radius 1 is 0.507 bits per heavy atom. The van der Waals surface area contributed by atoms with E-state index in [1.165, 1.54) is 141 Å². The number of hydrogen-bond acceptors (Lipinski definition) is 10. The Hall–Kier alpha value is -2.64. The molecular weight excluding hydrogens is 919 g/mol. The topological polar surface area (TPSA) is 175 Å². The highest BCUT2D eigenvalue weighted by Crippen LogP contribution is 2.23. The van der Waals surface area contributed by atoms with Crippen LogP contribution in [-0.2, 0) is 23.8 Å². The van der Waals surface area contributed by atoms with E-state index in [0.29, 0.717) is 19.4 Å². The van der Waals surface area contributed by atoms with Gasteiger partial charge in [-0.15, -0.1) is 0 Å². The summed E-state index contributed by atoms with van der Waals surface area (Å²) in [6, 6.07) is -0.839. The molecule has 0 aromatic rings. The van der Waals surface area contributed by atoms with E-state index in [0.717, 1.165) is 89.9 Å². The van der Waals surface area contributed by atoms with Crippen molar-refractivity contribution in [3.8, 4) is 0 Å². The van der Waals surface area contributed by atoms with Crippen LogP contribution >= 0.6 is 0 Å². The second-order valence-electron chi connectivity index (χ2n) is 20.7. The summed E-state index contributed by atoms with van der Waals surface area (Å²) in [6.07, 6.45) is 56.1. The van der Waals surface area contributed by atoms with Crippen molar-refractivity contribution in [3.05, 3.63) is 60.8 Å². The summed E-state index contributed by atoms with van der Waals surface area (Å²) >= 11 is 0. The lowest BCUT2D eigenvalue weighted by molar-refractivity contribution is -0.302. The van der Waals surface area contributed by atoms with Crippen molar-refractivity contribution in [2.45, 2.75) is 301 Å². The molecular formula is C62H111NO10. The quantitative estimate of drug-likeness (QED) is 0.0195. The van der Waals surface area contributed by atoms with Crippen LogP contribution < -0.4 is 5.32 Å². The van der Waals surface area contributed by atoms with Gasteiger partial charge in [-0.25, -0.2) is 0 Å². The number of hydrogen-bond donors (Lipinski definition) is 6. The summed E-state index contributed by atoms with van der Waals surface area (Å²) in [7, 11) is 0. The first-order valence-corrected chi connectivity index (χ1v) is 30.1. The molecule has 1 rings (SSSR count). The Balaban J connectivity index is 2.11. The second kappa shape index (κ2) is 51.5. The van der Waals surface area contributed by atoms with E-state index in [1.807, 2.05) is 6.08 Å². The zero-order chi connectivity index (χ0) is 53.1. The van der Waals surface area contributed by atoms with E-state index in [-0.39, 0.29) is 18.5 Å². The number of amides is 1. The average molecular weight is 1030 g/mol. The van der Waals surface area contributed by atoms with Gasteiger partial charge in [0.2, 0.25) is 5.91 Å². The maximum Gasteiger partial charge on any atom is 0.305 e. The molecule has 0 spiro atoms. The number of unbranched alkanes of at least 4 members (excludes halogenated alkanes) is 29. The normalized spacial score (nSPS) is 19.4. The van der Waals surface area contributed by atoms with Gasteiger partial charge in [0, 0.05) is 12.8 Å². The zero-order valence-electron chi connectivity index (χ0n) is 46.6. The van der Waals surface area contributed by atoms with E-state index in [9.17, 15) is 35.1 Å². The van der Waals surface area contributed by atoms with Crippen molar-refractivity contribution in [2.75, 3.05) is 19.8 Å². The number of aliphatic hydroxyl groups excluding tert-OH is 5. The van der Waals surface area contributed by atoms with E-state index >= 15 is 0 Å². The fourth-order valence-corrected chi connectivity index (χ4v) is 9.07. The van der Waals surface area contributed by atoms with Crippen LogP contribution in [0.2, 0.25) is 0 Å². The number of allylic oxidation sites excluding steroid dienone is 8. The molecule has 73 heavy (non-hydrogen) atoms. The molecule has 11 nitrogen and oxygen atoms in total. The maximum atomic E-state index is 13.0. The number of esters is 1. The molecule has 1 aliphatic rings. The molecule has 0 saturated carbocycles. The third-order valence-corrected chi connectivity index (χ3v) is 13.9. The standard InChI is InChI=1S/C62H111NO10/c1-3-5-7-9-11-13-15-25-29-32-36-40-44-48-55(65)54(53-72-62-61(70)60(69)59(68)56(52-64)73-62)63-57(66)49-45-41-37-33-30-26-23-21-19-17-16-18-20-22-24-27-31-35-39-43-47-51-71-58(67)50-46-42-38-34-28-14-12-10-8-6-4-2/h11,13,27,29,31-32,39,43-44,48,54-56,59-62,64-65,68-70H,3-10,12,14-26,28,30,33-38,40-42,45-47,49-53H2,1-2H3,(H,63,66)/b13-11+,31-27-,32-29+,43-39-,48-44+. The summed E-state index contributed by atoms with van der Waals surface area (Å²) in [4.78, 5) is 25.0. The molecule has 0 aliphatic carbocycles. The first-order chi connectivity index (χ1) is 35.7. The van der Waals surface area contributed by atoms with Crippen LogP contribution in [0.3, 0.4) is 0 Å². The van der Waals surface area contributed by atoms with Gasteiger partial charge in [-0.3, -0.25) is 9.59 Å². The first-order valence-electron chi connectivity index (χ1n) is 30.1. The molecule has 7 unspecified atom stereocenters. The Kier molecular flexibility index (Phi) is 48.2. The van der Waals surface area contributed by atoms with Gasteiger partial charge in [-0.05, 0) is 77.0 Å². The van der Waals surface area contributed by atoms with Crippen LogP contribution in [0, 0.1) is 0 Å². The molecule has 0 radical (unpaired) electrons. The Morgan fingerprint density at radius 3 is 1.47 bits per heavy atom. The van der Waals surface area contributed by atoms with Crippen molar-refractivity contribution in [1.29, 1.82) is 0 Å². The van der Waals surface area contributed by atoms with Crippen molar-refractivity contribution in [1.82, 2.24) is 5.32 Å². The molecule has 0 aromatic heterocycles. The first kappa shape index (κ1) is 68.4. The van der Waals surface area contributed by atoms with Gasteiger partial charge in [0.25, 0.3) is 0 Å². The summed E-state index contributed by atoms with van der Waals surface area (Å²) in [5.41, 5.74) is 0. The van der Waals surface area contributed by atoms with E-state index in [2.05, 4.69) is 67.8 Å². The van der Waals surface area contributed by atoms with E-state index < -0.39 is 49.5 Å². The molecule has 1 fully saturated rings. The van der Waals surface area contributed by atoms with E-state index in [4.69, 9.17) is 14.2 Å². The fourth-order valence-electron chi connectivity index (χ4n) is 9.07. The van der Waals surface area contributed by atoms with Gasteiger partial charge in [0.05, 0.1) is 32.0 Å². The molecule has 1 aliphatic heterocycles. The van der Waals surface area contributed by atoms with Crippen LogP contribution in [0.4, 0.5) is 0 Å². The number of nitrogens with one attached hydrogen (secondary N) is 1. The Morgan fingerprint density at radius 2 is 0.932 bits per heavy atom. The van der Waals surface area contributed by atoms with Crippen molar-refractivity contribution >= 4 is 11.9 Å². The minimum Gasteiger partial charge on any atom is -0.465 e. The predicted octanol–water partition coefficient (Wildman–Crippen LogP) is 13.8. The van der Waals surface area contributed by atoms with Gasteiger partial charge in [-0.2, -0.15) is 0 Å². The third-order valence-electron chi connectivity index (χ3n) is 13.9. The molecule has 0 aromatic carbocycles. The minimum atomic E-state index is -1.58. The van der Waals surface area contributed by atoms with Crippen LogP contribution in [0.15, 0.2) is 60.8 Å². The monoisotopic (exact) mass is 1030 g/mol. The molecule has 6 N–H and O–H groups in total. The van der Waals surface area contributed by atoms with Crippen molar-refractivity contribution in [3.63, 3.8) is 0 Å². The lowest BCUT2D eigenvalue weighted by Crippen LogP contribution is -2.60. The summed E-state index contributed by atoms with van der Waals surface area (Å²) in [5.74, 6) is -0.253. The molecule has 1 saturated heterocycles. The molecule has 11 heteroatoms. The Labute approximate surface area is 446 Å². The van der Waals surface area contributed by atoms with Gasteiger partial charge in [0.1, 0.15) is 24.4 Å². The molecule has 1 amide bonds. The molecule has 424 valence electrons. The number of carbonyl (C=O) groups is 2. The lowest BCUT2D eigenvalue weighted by Gasteiger charge is -2.40. The molecule has 7 atom stereocenters. The van der Waals surface area contributed by atoms with Crippen LogP contribution in [0.5, 0.6) is 0 Å². The molecule has 0 bridgehead atoms. The van der Waals surface area contributed by atoms with Gasteiger partial charge >= 0.3 is 5.97 Å². The minimum absolute atomic E-state index is 0.0503. The van der Waals surface area contributed by atoms with Crippen LogP contribution in [-0.4, -0.2) is 100 Å². The highest BCUT2D eigenvalue weighted by atomic mass is 16.7. The van der Waals surface area contributed by atoms with Crippen LogP contribution in [0.1, 0.15) is 258 Å². The average Bonchev–Trinajstić information content (AvgIpc) is 3.39. The van der Waals surface area contributed by atoms with Gasteiger partial charge < -0.3 is 45.1 Å². The van der Waals surface area contributed by atoms with E-state index in [1.54, 1.807) is 6.08 Å². The zero-order valence-corrected chi connectivity index (χ0v) is 46.6. The van der Waals surface area contributed by atoms with Crippen molar-refractivity contribution in [2.24, 2.45) is 0 Å². The third kappa shape index (κ3) is 41.2. The smallest absolute Gasteiger partial charge is 0.305 e. The lowest BCUT2D eigenvalue weighted by atomic mass is 9.99.